The molecule has 3 nitrogen and oxygen atoms in total. The SMILES string of the molecule is N#Cc1ccsn1.c1ccc2ncccc2c1. The zero-order valence-corrected chi connectivity index (χ0v) is 9.76. The Bertz CT molecular complexity index is 561. The summed E-state index contributed by atoms with van der Waals surface area (Å²) in [5.41, 5.74) is 1.56. The van der Waals surface area contributed by atoms with Crippen LogP contribution in [0.3, 0.4) is 0 Å². The lowest BCUT2D eigenvalue weighted by Crippen LogP contribution is -1.73. The number of nitriles is 1. The molecule has 1 aromatic carbocycles. The number of pyridine rings is 1. The highest BCUT2D eigenvalue weighted by Gasteiger charge is 1.86. The van der Waals surface area contributed by atoms with Crippen molar-refractivity contribution in [1.82, 2.24) is 9.36 Å². The molecule has 0 radical (unpaired) electrons. The summed E-state index contributed by atoms with van der Waals surface area (Å²) < 4.78 is 3.72. The number of fused-ring (bicyclic) bond motifs is 1. The first-order valence-electron chi connectivity index (χ1n) is 5.00. The quantitative estimate of drug-likeness (QED) is 0.605. The molecule has 4 heteroatoms. The molecule has 17 heavy (non-hydrogen) atoms. The second-order valence-corrected chi connectivity index (χ2v) is 3.86. The summed E-state index contributed by atoms with van der Waals surface area (Å²) in [6.45, 7) is 0. The van der Waals surface area contributed by atoms with Crippen LogP contribution in [-0.4, -0.2) is 9.36 Å². The molecule has 0 bridgehead atoms. The van der Waals surface area contributed by atoms with Crippen LogP contribution in [0, 0.1) is 11.3 Å². The van der Waals surface area contributed by atoms with Crippen LogP contribution in [0.4, 0.5) is 0 Å². The number of aromatic nitrogens is 2. The van der Waals surface area contributed by atoms with Gasteiger partial charge in [0.2, 0.25) is 0 Å². The van der Waals surface area contributed by atoms with Crippen LogP contribution in [0.1, 0.15) is 5.69 Å². The van der Waals surface area contributed by atoms with Crippen molar-refractivity contribution in [2.75, 3.05) is 0 Å². The molecule has 0 aliphatic rings. The van der Waals surface area contributed by atoms with Crippen LogP contribution >= 0.6 is 11.5 Å². The molecule has 3 rings (SSSR count). The van der Waals surface area contributed by atoms with Crippen molar-refractivity contribution < 1.29 is 0 Å². The van der Waals surface area contributed by atoms with Gasteiger partial charge in [-0.25, -0.2) is 0 Å². The summed E-state index contributed by atoms with van der Waals surface area (Å²) in [6, 6.07) is 15.7. The number of rotatable bonds is 0. The molecule has 0 atom stereocenters. The van der Waals surface area contributed by atoms with Crippen LogP contribution in [0.25, 0.3) is 10.9 Å². The third-order valence-corrected chi connectivity index (χ3v) is 2.62. The maximum Gasteiger partial charge on any atom is 0.154 e. The summed E-state index contributed by atoms with van der Waals surface area (Å²) in [5, 5.41) is 11.1. The molecule has 0 fully saturated rings. The Morgan fingerprint density at radius 3 is 2.53 bits per heavy atom. The Hall–Kier alpha value is -2.25. The van der Waals surface area contributed by atoms with Crippen LogP contribution in [0.15, 0.2) is 54.0 Å². The first kappa shape index (κ1) is 11.2. The Labute approximate surface area is 103 Å². The maximum atomic E-state index is 8.12. The minimum absolute atomic E-state index is 0.505. The molecule has 2 aromatic heterocycles. The topological polar surface area (TPSA) is 49.6 Å². The predicted molar refractivity (Wildman–Crippen MR) is 68.6 cm³/mol. The van der Waals surface area contributed by atoms with Crippen molar-refractivity contribution in [3.63, 3.8) is 0 Å². The van der Waals surface area contributed by atoms with E-state index in [2.05, 4.69) is 21.5 Å². The molecule has 0 aliphatic heterocycles. The van der Waals surface area contributed by atoms with Gasteiger partial charge in [0.15, 0.2) is 5.69 Å². The molecule has 0 aliphatic carbocycles. The van der Waals surface area contributed by atoms with E-state index in [1.165, 1.54) is 16.9 Å². The van der Waals surface area contributed by atoms with Crippen molar-refractivity contribution in [2.24, 2.45) is 0 Å². The van der Waals surface area contributed by atoms with E-state index in [0.717, 1.165) is 5.52 Å². The minimum Gasteiger partial charge on any atom is -0.256 e. The molecular weight excluding hydrogens is 230 g/mol. The third kappa shape index (κ3) is 3.10. The Kier molecular flexibility index (Phi) is 3.79. The summed E-state index contributed by atoms with van der Waals surface area (Å²) in [4.78, 5) is 4.18. The molecule has 82 valence electrons. The second-order valence-electron chi connectivity index (χ2n) is 3.19. The molecule has 0 saturated heterocycles. The van der Waals surface area contributed by atoms with E-state index in [4.69, 9.17) is 5.26 Å². The number of para-hydroxylation sites is 1. The Morgan fingerprint density at radius 2 is 1.88 bits per heavy atom. The Morgan fingerprint density at radius 1 is 1.06 bits per heavy atom. The zero-order valence-electron chi connectivity index (χ0n) is 8.95. The molecule has 3 aromatic rings. The maximum absolute atomic E-state index is 8.12. The van der Waals surface area contributed by atoms with E-state index in [1.54, 1.807) is 11.4 Å². The standard InChI is InChI=1S/C9H7N.C4H2N2S/c1-2-6-9-8(4-1)5-3-7-10-9;5-3-4-1-2-7-6-4/h1-7H;1-2H. The molecule has 2 heterocycles. The fraction of sp³-hybridized carbons (Fsp3) is 0. The predicted octanol–water partition coefficient (Wildman–Crippen LogP) is 3.25. The van der Waals surface area contributed by atoms with E-state index in [0.29, 0.717) is 5.69 Å². The minimum atomic E-state index is 0.505. The van der Waals surface area contributed by atoms with Gasteiger partial charge in [-0.1, -0.05) is 24.3 Å². The van der Waals surface area contributed by atoms with E-state index >= 15 is 0 Å². The van der Waals surface area contributed by atoms with Crippen molar-refractivity contribution in [3.05, 3.63) is 59.7 Å². The van der Waals surface area contributed by atoms with Crippen LogP contribution in [-0.2, 0) is 0 Å². The molecule has 0 N–H and O–H groups in total. The molecule has 0 saturated carbocycles. The van der Waals surface area contributed by atoms with Gasteiger partial charge in [-0.15, -0.1) is 0 Å². The van der Waals surface area contributed by atoms with Gasteiger partial charge in [-0.05, 0) is 29.7 Å². The monoisotopic (exact) mass is 239 g/mol. The second kappa shape index (κ2) is 5.73. The van der Waals surface area contributed by atoms with E-state index in [-0.39, 0.29) is 0 Å². The van der Waals surface area contributed by atoms with Crippen molar-refractivity contribution in [1.29, 1.82) is 5.26 Å². The first-order valence-corrected chi connectivity index (χ1v) is 5.84. The van der Waals surface area contributed by atoms with Gasteiger partial charge in [0, 0.05) is 17.0 Å². The molecule has 0 unspecified atom stereocenters. The van der Waals surface area contributed by atoms with Gasteiger partial charge in [-0.2, -0.15) is 9.64 Å². The lowest BCUT2D eigenvalue weighted by Gasteiger charge is -1.91. The van der Waals surface area contributed by atoms with Crippen LogP contribution in [0.5, 0.6) is 0 Å². The van der Waals surface area contributed by atoms with Crippen LogP contribution in [0.2, 0.25) is 0 Å². The largest absolute Gasteiger partial charge is 0.256 e. The van der Waals surface area contributed by atoms with Crippen molar-refractivity contribution in [3.8, 4) is 6.07 Å². The average Bonchev–Trinajstić information content (AvgIpc) is 2.93. The fourth-order valence-corrected chi connectivity index (χ4v) is 1.75. The van der Waals surface area contributed by atoms with Gasteiger partial charge in [0.1, 0.15) is 6.07 Å². The lowest BCUT2D eigenvalue weighted by molar-refractivity contribution is 1.41. The smallest absolute Gasteiger partial charge is 0.154 e. The number of nitrogens with zero attached hydrogens (tertiary/aromatic N) is 3. The average molecular weight is 239 g/mol. The summed E-state index contributed by atoms with van der Waals surface area (Å²) in [6.07, 6.45) is 1.81. The van der Waals surface area contributed by atoms with Gasteiger partial charge in [0.25, 0.3) is 0 Å². The normalized spacial score (nSPS) is 9.12. The molecular formula is C13H9N3S. The third-order valence-electron chi connectivity index (χ3n) is 2.06. The highest BCUT2D eigenvalue weighted by atomic mass is 32.1. The number of hydrogen-bond acceptors (Lipinski definition) is 4. The van der Waals surface area contributed by atoms with Gasteiger partial charge in [0.05, 0.1) is 5.52 Å². The van der Waals surface area contributed by atoms with E-state index in [1.807, 2.05) is 36.5 Å². The van der Waals surface area contributed by atoms with Gasteiger partial charge >= 0.3 is 0 Å². The van der Waals surface area contributed by atoms with E-state index < -0.39 is 0 Å². The van der Waals surface area contributed by atoms with Crippen LogP contribution < -0.4 is 0 Å². The number of hydrogen-bond donors (Lipinski definition) is 0. The summed E-state index contributed by atoms with van der Waals surface area (Å²) in [5.74, 6) is 0. The Balaban J connectivity index is 0.000000136. The highest BCUT2D eigenvalue weighted by Crippen LogP contribution is 2.07. The van der Waals surface area contributed by atoms with Gasteiger partial charge in [-0.3, -0.25) is 4.98 Å². The number of benzene rings is 1. The lowest BCUT2D eigenvalue weighted by atomic mass is 10.2. The van der Waals surface area contributed by atoms with E-state index in [9.17, 15) is 0 Å². The van der Waals surface area contributed by atoms with Gasteiger partial charge < -0.3 is 0 Å². The highest BCUT2D eigenvalue weighted by molar-refractivity contribution is 7.03. The van der Waals surface area contributed by atoms with Crippen molar-refractivity contribution in [2.45, 2.75) is 0 Å². The zero-order chi connectivity index (χ0) is 11.9. The van der Waals surface area contributed by atoms with Crippen molar-refractivity contribution >= 4 is 22.4 Å². The molecule has 0 amide bonds. The summed E-state index contributed by atoms with van der Waals surface area (Å²) in [7, 11) is 0. The molecule has 0 spiro atoms. The first-order chi connectivity index (χ1) is 8.40. The summed E-state index contributed by atoms with van der Waals surface area (Å²) >= 11 is 1.29. The fourth-order valence-electron chi connectivity index (χ4n) is 1.29.